The molecule has 4 nitrogen and oxygen atoms in total. The fourth-order valence-electron chi connectivity index (χ4n) is 1.68. The number of ether oxygens (including phenoxy) is 1. The first-order valence-electron chi connectivity index (χ1n) is 4.76. The van der Waals surface area contributed by atoms with Gasteiger partial charge in [0.15, 0.2) is 0 Å². The summed E-state index contributed by atoms with van der Waals surface area (Å²) in [4.78, 5) is 20.0. The highest BCUT2D eigenvalue weighted by Gasteiger charge is 2.24. The third kappa shape index (κ3) is 1.36. The Morgan fingerprint density at radius 2 is 2.21 bits per heavy atom. The standard InChI is InChI=1S/C10H12N2O2/c1-3-7-9-8(12-6(2)11-7)4-5-14-10(9)13/h3-5H2,1-2H3. The van der Waals surface area contributed by atoms with Gasteiger partial charge in [0.1, 0.15) is 11.4 Å². The lowest BCUT2D eigenvalue weighted by Crippen LogP contribution is -2.22. The molecule has 74 valence electrons. The molecule has 1 aromatic rings. The largest absolute Gasteiger partial charge is 0.462 e. The second-order valence-corrected chi connectivity index (χ2v) is 3.28. The molecule has 0 saturated heterocycles. The van der Waals surface area contributed by atoms with E-state index in [-0.39, 0.29) is 5.97 Å². The topological polar surface area (TPSA) is 52.1 Å². The second-order valence-electron chi connectivity index (χ2n) is 3.28. The van der Waals surface area contributed by atoms with Gasteiger partial charge in [-0.25, -0.2) is 14.8 Å². The predicted molar refractivity (Wildman–Crippen MR) is 50.1 cm³/mol. The van der Waals surface area contributed by atoms with E-state index in [1.165, 1.54) is 0 Å². The van der Waals surface area contributed by atoms with Crippen LogP contribution in [0.2, 0.25) is 0 Å². The fraction of sp³-hybridized carbons (Fsp3) is 0.500. The Hall–Kier alpha value is -1.45. The summed E-state index contributed by atoms with van der Waals surface area (Å²) in [6.45, 7) is 4.26. The first kappa shape index (κ1) is 9.12. The average Bonchev–Trinajstić information content (AvgIpc) is 2.16. The van der Waals surface area contributed by atoms with Crippen LogP contribution in [0.15, 0.2) is 0 Å². The number of carbonyl (C=O) groups is 1. The van der Waals surface area contributed by atoms with Crippen LogP contribution >= 0.6 is 0 Å². The highest BCUT2D eigenvalue weighted by Crippen LogP contribution is 2.18. The highest BCUT2D eigenvalue weighted by atomic mass is 16.5. The summed E-state index contributed by atoms with van der Waals surface area (Å²) in [6, 6.07) is 0. The highest BCUT2D eigenvalue weighted by molar-refractivity contribution is 5.92. The van der Waals surface area contributed by atoms with E-state index in [0.717, 1.165) is 23.6 Å². The van der Waals surface area contributed by atoms with Gasteiger partial charge >= 0.3 is 5.97 Å². The van der Waals surface area contributed by atoms with Crippen LogP contribution in [0.3, 0.4) is 0 Å². The Morgan fingerprint density at radius 3 is 2.93 bits per heavy atom. The van der Waals surface area contributed by atoms with Gasteiger partial charge < -0.3 is 4.74 Å². The summed E-state index contributed by atoms with van der Waals surface area (Å²) in [7, 11) is 0. The zero-order chi connectivity index (χ0) is 10.1. The van der Waals surface area contributed by atoms with Gasteiger partial charge in [-0.1, -0.05) is 6.92 Å². The van der Waals surface area contributed by atoms with Gasteiger partial charge in [-0.05, 0) is 13.3 Å². The molecule has 0 N–H and O–H groups in total. The minimum absolute atomic E-state index is 0.275. The van der Waals surface area contributed by atoms with E-state index in [9.17, 15) is 4.79 Å². The summed E-state index contributed by atoms with van der Waals surface area (Å²) >= 11 is 0. The molecule has 14 heavy (non-hydrogen) atoms. The zero-order valence-corrected chi connectivity index (χ0v) is 8.33. The lowest BCUT2D eigenvalue weighted by atomic mass is 10.1. The Morgan fingerprint density at radius 1 is 1.43 bits per heavy atom. The van der Waals surface area contributed by atoms with Crippen LogP contribution in [0.5, 0.6) is 0 Å². The van der Waals surface area contributed by atoms with Crippen molar-refractivity contribution in [3.05, 3.63) is 22.8 Å². The van der Waals surface area contributed by atoms with E-state index < -0.39 is 0 Å². The molecule has 1 aliphatic rings. The molecule has 0 unspecified atom stereocenters. The molecule has 1 aliphatic heterocycles. The molecule has 1 aromatic heterocycles. The molecule has 0 aliphatic carbocycles. The number of fused-ring (bicyclic) bond motifs is 1. The molecule has 0 saturated carbocycles. The van der Waals surface area contributed by atoms with Crippen molar-refractivity contribution in [3.63, 3.8) is 0 Å². The number of aromatic nitrogens is 2. The van der Waals surface area contributed by atoms with Gasteiger partial charge in [0, 0.05) is 6.42 Å². The van der Waals surface area contributed by atoms with Crippen molar-refractivity contribution in [2.24, 2.45) is 0 Å². The molecule has 0 aromatic carbocycles. The maximum atomic E-state index is 11.5. The number of hydrogen-bond acceptors (Lipinski definition) is 4. The summed E-state index contributed by atoms with van der Waals surface area (Å²) in [6.07, 6.45) is 1.44. The van der Waals surface area contributed by atoms with Crippen LogP contribution in [-0.4, -0.2) is 22.5 Å². The molecule has 0 radical (unpaired) electrons. The number of rotatable bonds is 1. The number of nitrogens with zero attached hydrogens (tertiary/aromatic N) is 2. The lowest BCUT2D eigenvalue weighted by molar-refractivity contribution is 0.0474. The van der Waals surface area contributed by atoms with E-state index in [1.807, 2.05) is 13.8 Å². The third-order valence-corrected chi connectivity index (χ3v) is 2.28. The maximum Gasteiger partial charge on any atom is 0.341 e. The van der Waals surface area contributed by atoms with Crippen molar-refractivity contribution >= 4 is 5.97 Å². The average molecular weight is 192 g/mol. The van der Waals surface area contributed by atoms with Crippen molar-refractivity contribution in [2.45, 2.75) is 26.7 Å². The molecule has 0 amide bonds. The van der Waals surface area contributed by atoms with Crippen LogP contribution < -0.4 is 0 Å². The van der Waals surface area contributed by atoms with E-state index in [4.69, 9.17) is 4.74 Å². The SMILES string of the molecule is CCc1nc(C)nc2c1C(=O)OCC2. The van der Waals surface area contributed by atoms with Gasteiger partial charge in [-0.15, -0.1) is 0 Å². The molecule has 4 heteroatoms. The van der Waals surface area contributed by atoms with Crippen LogP contribution in [0.1, 0.15) is 34.5 Å². The smallest absolute Gasteiger partial charge is 0.341 e. The molecule has 2 heterocycles. The van der Waals surface area contributed by atoms with E-state index >= 15 is 0 Å². The molecule has 0 atom stereocenters. The molecule has 2 rings (SSSR count). The maximum absolute atomic E-state index is 11.5. The van der Waals surface area contributed by atoms with Crippen LogP contribution in [0.4, 0.5) is 0 Å². The monoisotopic (exact) mass is 192 g/mol. The summed E-state index contributed by atoms with van der Waals surface area (Å²) in [5.41, 5.74) is 2.23. The quantitative estimate of drug-likeness (QED) is 0.624. The van der Waals surface area contributed by atoms with Crippen LogP contribution in [0.25, 0.3) is 0 Å². The fourth-order valence-corrected chi connectivity index (χ4v) is 1.68. The zero-order valence-electron chi connectivity index (χ0n) is 8.33. The first-order chi connectivity index (χ1) is 6.72. The molecular weight excluding hydrogens is 180 g/mol. The van der Waals surface area contributed by atoms with Crippen LogP contribution in [-0.2, 0) is 17.6 Å². The van der Waals surface area contributed by atoms with Crippen molar-refractivity contribution < 1.29 is 9.53 Å². The van der Waals surface area contributed by atoms with E-state index in [0.29, 0.717) is 18.6 Å². The van der Waals surface area contributed by atoms with Crippen molar-refractivity contribution in [3.8, 4) is 0 Å². The summed E-state index contributed by atoms with van der Waals surface area (Å²) < 4.78 is 4.97. The Labute approximate surface area is 82.3 Å². The van der Waals surface area contributed by atoms with Gasteiger partial charge in [0.2, 0.25) is 0 Å². The number of cyclic esters (lactones) is 1. The minimum atomic E-state index is -0.275. The second kappa shape index (κ2) is 3.36. The Kier molecular flexibility index (Phi) is 2.19. The lowest BCUT2D eigenvalue weighted by Gasteiger charge is -2.17. The third-order valence-electron chi connectivity index (χ3n) is 2.28. The van der Waals surface area contributed by atoms with Crippen molar-refractivity contribution in [1.29, 1.82) is 0 Å². The number of hydrogen-bond donors (Lipinski definition) is 0. The van der Waals surface area contributed by atoms with E-state index in [2.05, 4.69) is 9.97 Å². The molecule has 0 fully saturated rings. The summed E-state index contributed by atoms with van der Waals surface area (Å²) in [5.74, 6) is 0.457. The van der Waals surface area contributed by atoms with Gasteiger partial charge in [-0.3, -0.25) is 0 Å². The molecule has 0 spiro atoms. The first-order valence-corrected chi connectivity index (χ1v) is 4.76. The van der Waals surface area contributed by atoms with E-state index in [1.54, 1.807) is 0 Å². The Balaban J connectivity index is 2.61. The van der Waals surface area contributed by atoms with Gasteiger partial charge in [0.05, 0.1) is 18.0 Å². The number of aryl methyl sites for hydroxylation is 2. The van der Waals surface area contributed by atoms with Crippen LogP contribution in [0, 0.1) is 6.92 Å². The minimum Gasteiger partial charge on any atom is -0.462 e. The number of esters is 1. The summed E-state index contributed by atoms with van der Waals surface area (Å²) in [5, 5.41) is 0. The normalized spacial score (nSPS) is 14.9. The predicted octanol–water partition coefficient (Wildman–Crippen LogP) is 1.06. The number of carbonyl (C=O) groups excluding carboxylic acids is 1. The van der Waals surface area contributed by atoms with Crippen molar-refractivity contribution in [2.75, 3.05) is 6.61 Å². The Bertz CT molecular complexity index is 371. The van der Waals surface area contributed by atoms with Gasteiger partial charge in [0.25, 0.3) is 0 Å². The van der Waals surface area contributed by atoms with Gasteiger partial charge in [-0.2, -0.15) is 0 Å². The van der Waals surface area contributed by atoms with Crippen molar-refractivity contribution in [1.82, 2.24) is 9.97 Å². The molecular formula is C10H12N2O2. The molecule has 0 bridgehead atoms.